The molecule has 2 heterocycles. The van der Waals surface area contributed by atoms with Crippen molar-refractivity contribution in [3.63, 3.8) is 0 Å². The van der Waals surface area contributed by atoms with Gasteiger partial charge in [-0.25, -0.2) is 4.39 Å². The number of halogens is 4. The van der Waals surface area contributed by atoms with Gasteiger partial charge in [0, 0.05) is 31.6 Å². The molecule has 0 saturated carbocycles. The van der Waals surface area contributed by atoms with Crippen molar-refractivity contribution in [2.45, 2.75) is 56.5 Å². The third kappa shape index (κ3) is 5.89. The molecule has 0 aliphatic carbocycles. The lowest BCUT2D eigenvalue weighted by Gasteiger charge is -2.48. The third-order valence-corrected chi connectivity index (χ3v) is 5.29. The van der Waals surface area contributed by atoms with Gasteiger partial charge in [-0.15, -0.1) is 0 Å². The Morgan fingerprint density at radius 3 is 2.36 bits per heavy atom. The fourth-order valence-electron chi connectivity index (χ4n) is 3.85. The second-order valence-electron chi connectivity index (χ2n) is 7.64. The van der Waals surface area contributed by atoms with Crippen LogP contribution in [0.2, 0.25) is 0 Å². The molecule has 0 radical (unpaired) electrons. The zero-order valence-electron chi connectivity index (χ0n) is 15.6. The molecule has 2 aliphatic rings. The van der Waals surface area contributed by atoms with Crippen molar-refractivity contribution in [2.75, 3.05) is 19.7 Å². The van der Waals surface area contributed by atoms with Crippen molar-refractivity contribution in [1.82, 2.24) is 4.90 Å². The predicted molar refractivity (Wildman–Crippen MR) is 93.1 cm³/mol. The van der Waals surface area contributed by atoms with E-state index in [0.29, 0.717) is 38.6 Å². The van der Waals surface area contributed by atoms with E-state index in [1.165, 1.54) is 6.07 Å². The van der Waals surface area contributed by atoms with Crippen LogP contribution in [-0.4, -0.2) is 52.5 Å². The van der Waals surface area contributed by atoms with E-state index < -0.39 is 23.2 Å². The Hall–Kier alpha value is -1.71. The SMILES string of the molecule is CC1(O)CCOC2(CCN(Cc3ccc(C(F)(F)F)cc3F)CC2)C1.O=CO. The van der Waals surface area contributed by atoms with Crippen LogP contribution >= 0.6 is 0 Å². The van der Waals surface area contributed by atoms with E-state index in [4.69, 9.17) is 14.6 Å². The Balaban J connectivity index is 0.000000878. The van der Waals surface area contributed by atoms with Crippen LogP contribution in [0.15, 0.2) is 18.2 Å². The number of carboxylic acid groups (broad SMARTS) is 1. The summed E-state index contributed by atoms with van der Waals surface area (Å²) in [6.07, 6.45) is -1.87. The van der Waals surface area contributed by atoms with Crippen molar-refractivity contribution in [2.24, 2.45) is 0 Å². The summed E-state index contributed by atoms with van der Waals surface area (Å²) < 4.78 is 57.8. The van der Waals surface area contributed by atoms with Crippen LogP contribution in [0.25, 0.3) is 0 Å². The van der Waals surface area contributed by atoms with Crippen LogP contribution in [-0.2, 0) is 22.3 Å². The molecule has 5 nitrogen and oxygen atoms in total. The van der Waals surface area contributed by atoms with Gasteiger partial charge < -0.3 is 14.9 Å². The van der Waals surface area contributed by atoms with E-state index in [9.17, 15) is 22.7 Å². The Morgan fingerprint density at radius 2 is 1.86 bits per heavy atom. The van der Waals surface area contributed by atoms with Gasteiger partial charge in [0.1, 0.15) is 5.82 Å². The van der Waals surface area contributed by atoms with E-state index in [1.54, 1.807) is 0 Å². The van der Waals surface area contributed by atoms with Gasteiger partial charge in [0.05, 0.1) is 23.4 Å². The number of likely N-dealkylation sites (tertiary alicyclic amines) is 1. The molecule has 2 saturated heterocycles. The molecule has 9 heteroatoms. The van der Waals surface area contributed by atoms with Crippen molar-refractivity contribution in [1.29, 1.82) is 0 Å². The number of rotatable bonds is 2. The number of alkyl halides is 3. The van der Waals surface area contributed by atoms with Crippen LogP contribution in [0.1, 0.15) is 43.7 Å². The highest BCUT2D eigenvalue weighted by molar-refractivity contribution is 5.32. The van der Waals surface area contributed by atoms with Gasteiger partial charge in [0.25, 0.3) is 6.47 Å². The van der Waals surface area contributed by atoms with E-state index in [-0.39, 0.29) is 24.2 Å². The molecular formula is C19H25F4NO4. The molecule has 0 aromatic heterocycles. The summed E-state index contributed by atoms with van der Waals surface area (Å²) in [5, 5.41) is 17.2. The number of hydrogen-bond donors (Lipinski definition) is 2. The smallest absolute Gasteiger partial charge is 0.416 e. The van der Waals surface area contributed by atoms with Crippen LogP contribution in [0.4, 0.5) is 17.6 Å². The van der Waals surface area contributed by atoms with Gasteiger partial charge in [0.15, 0.2) is 0 Å². The molecule has 1 unspecified atom stereocenters. The molecule has 1 atom stereocenters. The van der Waals surface area contributed by atoms with Crippen LogP contribution in [0.3, 0.4) is 0 Å². The molecule has 2 aliphatic heterocycles. The van der Waals surface area contributed by atoms with Gasteiger partial charge in [-0.2, -0.15) is 13.2 Å². The number of hydrogen-bond acceptors (Lipinski definition) is 4. The predicted octanol–water partition coefficient (Wildman–Crippen LogP) is 3.44. The summed E-state index contributed by atoms with van der Waals surface area (Å²) in [5.41, 5.74) is -1.76. The quantitative estimate of drug-likeness (QED) is 0.581. The minimum Gasteiger partial charge on any atom is -0.483 e. The molecule has 28 heavy (non-hydrogen) atoms. The first-order valence-corrected chi connectivity index (χ1v) is 9.02. The summed E-state index contributed by atoms with van der Waals surface area (Å²) in [6.45, 7) is 3.70. The third-order valence-electron chi connectivity index (χ3n) is 5.29. The zero-order chi connectivity index (χ0) is 21.0. The largest absolute Gasteiger partial charge is 0.483 e. The second-order valence-corrected chi connectivity index (χ2v) is 7.64. The van der Waals surface area contributed by atoms with E-state index in [0.717, 1.165) is 18.9 Å². The topological polar surface area (TPSA) is 70.0 Å². The average Bonchev–Trinajstić information content (AvgIpc) is 2.57. The monoisotopic (exact) mass is 407 g/mol. The Bertz CT molecular complexity index is 670. The standard InChI is InChI=1S/C18H23F4NO2.CH2O2/c1-16(24)6-9-25-17(12-16)4-7-23(8-5-17)11-13-2-3-14(10-15(13)19)18(20,21)22;2-1-3/h2-3,10,24H,4-9,11-12H2,1H3;1H,(H,2,3). The number of benzene rings is 1. The molecular weight excluding hydrogens is 382 g/mol. The average molecular weight is 407 g/mol. The maximum Gasteiger partial charge on any atom is 0.416 e. The lowest BCUT2D eigenvalue weighted by atomic mass is 9.78. The van der Waals surface area contributed by atoms with E-state index >= 15 is 0 Å². The maximum atomic E-state index is 14.0. The van der Waals surface area contributed by atoms with Crippen LogP contribution < -0.4 is 0 Å². The van der Waals surface area contributed by atoms with Crippen molar-refractivity contribution < 1.29 is 37.3 Å². The Labute approximate surface area is 160 Å². The van der Waals surface area contributed by atoms with Gasteiger partial charge in [-0.3, -0.25) is 9.69 Å². The lowest BCUT2D eigenvalue weighted by Crippen LogP contribution is -2.53. The van der Waals surface area contributed by atoms with Crippen molar-refractivity contribution in [3.8, 4) is 0 Å². The Morgan fingerprint density at radius 1 is 1.25 bits per heavy atom. The second kappa shape index (κ2) is 8.75. The molecule has 0 bridgehead atoms. The lowest BCUT2D eigenvalue weighted by molar-refractivity contribution is -0.173. The van der Waals surface area contributed by atoms with Gasteiger partial charge >= 0.3 is 6.18 Å². The van der Waals surface area contributed by atoms with Gasteiger partial charge in [-0.1, -0.05) is 6.07 Å². The molecule has 1 aromatic carbocycles. The molecule has 3 rings (SSSR count). The minimum atomic E-state index is -4.54. The number of piperidine rings is 1. The minimum absolute atomic E-state index is 0.250. The fourth-order valence-corrected chi connectivity index (χ4v) is 3.85. The number of carbonyl (C=O) groups is 1. The summed E-state index contributed by atoms with van der Waals surface area (Å²) >= 11 is 0. The molecule has 1 spiro atoms. The molecule has 2 fully saturated rings. The molecule has 158 valence electrons. The van der Waals surface area contributed by atoms with Crippen LogP contribution in [0, 0.1) is 5.82 Å². The number of nitrogens with zero attached hydrogens (tertiary/aromatic N) is 1. The Kier molecular flexibility index (Phi) is 7.06. The molecule has 0 amide bonds. The highest BCUT2D eigenvalue weighted by Crippen LogP contribution is 2.39. The highest BCUT2D eigenvalue weighted by atomic mass is 19.4. The van der Waals surface area contributed by atoms with Gasteiger partial charge in [-0.05, 0) is 38.3 Å². The van der Waals surface area contributed by atoms with E-state index in [2.05, 4.69) is 0 Å². The summed E-state index contributed by atoms with van der Waals surface area (Å²) in [5.74, 6) is -0.827. The number of aliphatic hydroxyl groups is 1. The summed E-state index contributed by atoms with van der Waals surface area (Å²) in [6, 6.07) is 2.69. The first-order chi connectivity index (χ1) is 13.0. The maximum absolute atomic E-state index is 14.0. The van der Waals surface area contributed by atoms with Crippen LogP contribution in [0.5, 0.6) is 0 Å². The van der Waals surface area contributed by atoms with Crippen molar-refractivity contribution >= 4 is 6.47 Å². The van der Waals surface area contributed by atoms with Gasteiger partial charge in [0.2, 0.25) is 0 Å². The molecule has 2 N–H and O–H groups in total. The van der Waals surface area contributed by atoms with Crippen molar-refractivity contribution in [3.05, 3.63) is 35.1 Å². The zero-order valence-corrected chi connectivity index (χ0v) is 15.6. The van der Waals surface area contributed by atoms with E-state index in [1.807, 2.05) is 11.8 Å². The summed E-state index contributed by atoms with van der Waals surface area (Å²) in [4.78, 5) is 10.4. The number of ether oxygens (including phenoxy) is 1. The first kappa shape index (κ1) is 22.6. The highest BCUT2D eigenvalue weighted by Gasteiger charge is 2.44. The normalized spacial score (nSPS) is 25.1. The molecule has 1 aromatic rings. The fraction of sp³-hybridized carbons (Fsp3) is 0.632. The first-order valence-electron chi connectivity index (χ1n) is 9.02. The summed E-state index contributed by atoms with van der Waals surface area (Å²) in [7, 11) is 0.